The molecule has 5 nitrogen and oxygen atoms in total. The maximum atomic E-state index is 12.6. The Morgan fingerprint density at radius 2 is 1.86 bits per heavy atom. The van der Waals surface area contributed by atoms with Crippen LogP contribution >= 0.6 is 23.2 Å². The van der Waals surface area contributed by atoms with E-state index in [1.165, 1.54) is 0 Å². The van der Waals surface area contributed by atoms with Gasteiger partial charge in [0.2, 0.25) is 0 Å². The molecule has 0 atom stereocenters. The van der Waals surface area contributed by atoms with Crippen LogP contribution in [0.25, 0.3) is 10.9 Å². The van der Waals surface area contributed by atoms with E-state index in [9.17, 15) is 4.79 Å². The van der Waals surface area contributed by atoms with Gasteiger partial charge in [-0.25, -0.2) is 4.98 Å². The predicted molar refractivity (Wildman–Crippen MR) is 113 cm³/mol. The number of halogens is 2. The van der Waals surface area contributed by atoms with Crippen molar-refractivity contribution in [3.05, 3.63) is 33.9 Å². The van der Waals surface area contributed by atoms with Crippen LogP contribution in [0.5, 0.6) is 5.75 Å². The number of carbonyl (C=O) groups excluding carboxylic acids is 1. The number of fused-ring (bicyclic) bond motifs is 1. The Kier molecular flexibility index (Phi) is 5.81. The third kappa shape index (κ3) is 4.88. The molecule has 3 N–H and O–H groups in total. The van der Waals surface area contributed by atoms with E-state index in [0.717, 1.165) is 23.9 Å². The molecule has 0 spiro atoms. The highest BCUT2D eigenvalue weighted by Crippen LogP contribution is 2.37. The largest absolute Gasteiger partial charge is 0.480 e. The minimum Gasteiger partial charge on any atom is -0.480 e. The summed E-state index contributed by atoms with van der Waals surface area (Å²) in [7, 11) is 0. The molecule has 0 aliphatic carbocycles. The molecule has 1 aliphatic heterocycles. The highest BCUT2D eigenvalue weighted by molar-refractivity contribution is 6.39. The van der Waals surface area contributed by atoms with Gasteiger partial charge in [0, 0.05) is 30.0 Å². The normalized spacial score (nSPS) is 18.8. The molecule has 1 fully saturated rings. The molecule has 0 saturated carbocycles. The second-order valence-electron chi connectivity index (χ2n) is 9.10. The van der Waals surface area contributed by atoms with E-state index >= 15 is 0 Å². The number of benzene rings is 1. The number of rotatable bonds is 4. The zero-order valence-corrected chi connectivity index (χ0v) is 18.5. The number of nitrogens with one attached hydrogen (secondary N) is 1. The fraction of sp³-hybridized carbons (Fsp3) is 0.524. The van der Waals surface area contributed by atoms with Gasteiger partial charge in [0.15, 0.2) is 12.4 Å². The van der Waals surface area contributed by atoms with Crippen molar-refractivity contribution >= 4 is 40.0 Å². The standard InChI is InChI=1S/C21H27Cl2N3O2/c1-12-6-7-14-15(22)8-16(23)19(18(14)24-12)28-11-17(27)25-13-9-20(2,3)26-21(4,5)10-13/h6-8,13,26H,9-11H2,1-5H3,(H,25,27)/p+1. The van der Waals surface area contributed by atoms with Crippen molar-refractivity contribution in [2.45, 2.75) is 64.6 Å². The lowest BCUT2D eigenvalue weighted by Gasteiger charge is -2.43. The number of nitrogens with two attached hydrogens (primary N) is 1. The van der Waals surface area contributed by atoms with Crippen molar-refractivity contribution in [3.63, 3.8) is 0 Å². The molecule has 28 heavy (non-hydrogen) atoms. The summed E-state index contributed by atoms with van der Waals surface area (Å²) in [6.07, 6.45) is 1.82. The molecule has 152 valence electrons. The van der Waals surface area contributed by atoms with Crippen molar-refractivity contribution in [2.24, 2.45) is 0 Å². The Morgan fingerprint density at radius 1 is 1.21 bits per heavy atom. The summed E-state index contributed by atoms with van der Waals surface area (Å²) < 4.78 is 5.79. The molecule has 0 unspecified atom stereocenters. The number of hydrogen-bond donors (Lipinski definition) is 2. The molecule has 2 heterocycles. The zero-order chi connectivity index (χ0) is 20.7. The smallest absolute Gasteiger partial charge is 0.258 e. The first-order valence-corrected chi connectivity index (χ1v) is 10.3. The number of aromatic nitrogens is 1. The molecule has 7 heteroatoms. The molecule has 0 radical (unpaired) electrons. The van der Waals surface area contributed by atoms with Gasteiger partial charge in [0.25, 0.3) is 5.91 Å². The van der Waals surface area contributed by atoms with Crippen molar-refractivity contribution in [1.82, 2.24) is 10.3 Å². The van der Waals surface area contributed by atoms with Crippen LogP contribution in [0.2, 0.25) is 10.0 Å². The van der Waals surface area contributed by atoms with Gasteiger partial charge < -0.3 is 15.4 Å². The number of carbonyl (C=O) groups is 1. The van der Waals surface area contributed by atoms with Gasteiger partial charge >= 0.3 is 0 Å². The molecule has 2 aromatic rings. The van der Waals surface area contributed by atoms with Crippen LogP contribution in [0, 0.1) is 6.92 Å². The first-order valence-electron chi connectivity index (χ1n) is 9.50. The first-order chi connectivity index (χ1) is 13.0. The monoisotopic (exact) mass is 424 g/mol. The van der Waals surface area contributed by atoms with Crippen LogP contribution < -0.4 is 15.4 Å². The maximum absolute atomic E-state index is 12.6. The summed E-state index contributed by atoms with van der Waals surface area (Å²) in [6.45, 7) is 10.6. The lowest BCUT2D eigenvalue weighted by Crippen LogP contribution is -3.06. The van der Waals surface area contributed by atoms with Crippen LogP contribution in [0.4, 0.5) is 0 Å². The molecule has 1 saturated heterocycles. The van der Waals surface area contributed by atoms with Crippen molar-refractivity contribution in [1.29, 1.82) is 0 Å². The third-order valence-electron chi connectivity index (χ3n) is 5.02. The van der Waals surface area contributed by atoms with Gasteiger partial charge in [-0.1, -0.05) is 23.2 Å². The Hall–Kier alpha value is -1.56. The van der Waals surface area contributed by atoms with E-state index in [4.69, 9.17) is 27.9 Å². The lowest BCUT2D eigenvalue weighted by atomic mass is 9.79. The summed E-state index contributed by atoms with van der Waals surface area (Å²) in [5.74, 6) is 0.225. The molecular weight excluding hydrogens is 397 g/mol. The Morgan fingerprint density at radius 3 is 2.50 bits per heavy atom. The summed E-state index contributed by atoms with van der Waals surface area (Å²) >= 11 is 12.6. The average molecular weight is 425 g/mol. The Labute approximate surface area is 176 Å². The second-order valence-corrected chi connectivity index (χ2v) is 9.92. The Balaban J connectivity index is 1.72. The molecule has 1 amide bonds. The minimum absolute atomic E-state index is 0.0810. The van der Waals surface area contributed by atoms with E-state index < -0.39 is 0 Å². The zero-order valence-electron chi connectivity index (χ0n) is 17.0. The number of hydrogen-bond acceptors (Lipinski definition) is 3. The summed E-state index contributed by atoms with van der Waals surface area (Å²) in [4.78, 5) is 17.1. The lowest BCUT2D eigenvalue weighted by molar-refractivity contribution is -0.787. The first kappa shape index (κ1) is 21.2. The van der Waals surface area contributed by atoms with Gasteiger partial charge in [-0.3, -0.25) is 4.79 Å². The number of aryl methyl sites for hydroxylation is 1. The van der Waals surface area contributed by atoms with Gasteiger partial charge in [-0.2, -0.15) is 0 Å². The van der Waals surface area contributed by atoms with Crippen LogP contribution in [0.15, 0.2) is 18.2 Å². The van der Waals surface area contributed by atoms with Gasteiger partial charge in [-0.05, 0) is 52.8 Å². The minimum atomic E-state index is -0.162. The van der Waals surface area contributed by atoms with Crippen LogP contribution in [0.1, 0.15) is 46.2 Å². The van der Waals surface area contributed by atoms with E-state index in [1.807, 2.05) is 19.1 Å². The van der Waals surface area contributed by atoms with Crippen LogP contribution in [-0.4, -0.2) is 34.6 Å². The molecule has 1 aromatic carbocycles. The van der Waals surface area contributed by atoms with Gasteiger partial charge in [-0.15, -0.1) is 0 Å². The maximum Gasteiger partial charge on any atom is 0.258 e. The fourth-order valence-corrected chi connectivity index (χ4v) is 5.03. The highest BCUT2D eigenvalue weighted by atomic mass is 35.5. The van der Waals surface area contributed by atoms with Crippen LogP contribution in [-0.2, 0) is 4.79 Å². The Bertz CT molecular complexity index is 896. The molecule has 3 rings (SSSR count). The van der Waals surface area contributed by atoms with Crippen molar-refractivity contribution in [3.8, 4) is 5.75 Å². The second kappa shape index (κ2) is 7.69. The van der Waals surface area contributed by atoms with E-state index in [2.05, 4.69) is 43.3 Å². The van der Waals surface area contributed by atoms with Gasteiger partial charge in [0.05, 0.1) is 21.1 Å². The van der Waals surface area contributed by atoms with Gasteiger partial charge in [0.1, 0.15) is 5.52 Å². The summed E-state index contributed by atoms with van der Waals surface area (Å²) in [6, 6.07) is 5.50. The van der Waals surface area contributed by atoms with Crippen molar-refractivity contribution in [2.75, 3.05) is 6.61 Å². The molecule has 1 aromatic heterocycles. The molecule has 1 aliphatic rings. The highest BCUT2D eigenvalue weighted by Gasteiger charge is 2.42. The predicted octanol–water partition coefficient (Wildman–Crippen LogP) is 3.63. The quantitative estimate of drug-likeness (QED) is 0.786. The number of quaternary nitrogens is 1. The average Bonchev–Trinajstić information content (AvgIpc) is 2.51. The number of piperidine rings is 1. The van der Waals surface area contributed by atoms with Crippen molar-refractivity contribution < 1.29 is 14.8 Å². The van der Waals surface area contributed by atoms with E-state index in [0.29, 0.717) is 21.3 Å². The number of pyridine rings is 1. The topological polar surface area (TPSA) is 67.8 Å². The number of amides is 1. The SMILES string of the molecule is Cc1ccc2c(Cl)cc(Cl)c(OCC(=O)NC3CC(C)(C)[NH2+]C(C)(C)C3)c2n1. The van der Waals surface area contributed by atoms with E-state index in [1.54, 1.807) is 6.07 Å². The fourth-order valence-electron chi connectivity index (χ4n) is 4.45. The summed E-state index contributed by atoms with van der Waals surface area (Å²) in [5, 5.41) is 7.10. The molecule has 0 bridgehead atoms. The van der Waals surface area contributed by atoms with Crippen LogP contribution in [0.3, 0.4) is 0 Å². The number of ether oxygens (including phenoxy) is 1. The molecular formula is C21H28Cl2N3O2+. The third-order valence-corrected chi connectivity index (χ3v) is 5.61. The van der Waals surface area contributed by atoms with E-state index in [-0.39, 0.29) is 29.6 Å². The number of nitrogens with zero attached hydrogens (tertiary/aromatic N) is 1. The summed E-state index contributed by atoms with van der Waals surface area (Å²) in [5.41, 5.74) is 1.55.